The fourth-order valence-electron chi connectivity index (χ4n) is 3.33. The van der Waals surface area contributed by atoms with Gasteiger partial charge < -0.3 is 9.47 Å². The van der Waals surface area contributed by atoms with Gasteiger partial charge in [0.15, 0.2) is 0 Å². The highest BCUT2D eigenvalue weighted by atomic mass is 16.5. The van der Waals surface area contributed by atoms with E-state index in [1.807, 2.05) is 49.4 Å². The number of hydrogen-bond donors (Lipinski definition) is 1. The third-order valence-electron chi connectivity index (χ3n) is 4.96. The summed E-state index contributed by atoms with van der Waals surface area (Å²) in [4.78, 5) is 12.2. The van der Waals surface area contributed by atoms with Gasteiger partial charge in [-0.3, -0.25) is 4.79 Å². The van der Waals surface area contributed by atoms with E-state index in [0.29, 0.717) is 18.8 Å². The number of rotatable bonds is 8. The van der Waals surface area contributed by atoms with Crippen molar-refractivity contribution in [2.24, 2.45) is 5.10 Å². The summed E-state index contributed by atoms with van der Waals surface area (Å²) < 4.78 is 11.3. The van der Waals surface area contributed by atoms with Crippen molar-refractivity contribution in [2.45, 2.75) is 13.5 Å². The summed E-state index contributed by atoms with van der Waals surface area (Å²) in [5, 5.41) is 6.44. The van der Waals surface area contributed by atoms with Crippen LogP contribution in [0.5, 0.6) is 11.5 Å². The maximum atomic E-state index is 12.2. The number of nitrogens with one attached hydrogen (secondary N) is 1. The Morgan fingerprint density at radius 1 is 0.844 bits per heavy atom. The molecule has 0 aromatic heterocycles. The molecule has 0 fully saturated rings. The zero-order valence-electron chi connectivity index (χ0n) is 17.8. The van der Waals surface area contributed by atoms with E-state index in [1.165, 1.54) is 10.8 Å². The van der Waals surface area contributed by atoms with E-state index in [2.05, 4.69) is 34.8 Å². The van der Waals surface area contributed by atoms with E-state index < -0.39 is 0 Å². The van der Waals surface area contributed by atoms with Crippen LogP contribution in [0, 0.1) is 0 Å². The lowest BCUT2D eigenvalue weighted by molar-refractivity contribution is 0.0955. The molecule has 0 aliphatic rings. The molecule has 32 heavy (non-hydrogen) atoms. The van der Waals surface area contributed by atoms with Crippen LogP contribution in [0.1, 0.15) is 28.4 Å². The highest BCUT2D eigenvalue weighted by Gasteiger charge is 2.04. The van der Waals surface area contributed by atoms with Gasteiger partial charge in [0.2, 0.25) is 0 Å². The molecule has 0 spiro atoms. The molecule has 0 unspecified atom stereocenters. The van der Waals surface area contributed by atoms with E-state index in [-0.39, 0.29) is 5.91 Å². The standard InChI is InChI=1S/C27H24N2O3/c1-2-31-24-16-12-22(13-17-24)27(30)29-28-18-20-10-14-25(15-11-20)32-19-23-8-5-7-21-6-3-4-9-26(21)23/h3-18H,2,19H2,1H3,(H,29,30)/b28-18+. The van der Waals surface area contributed by atoms with Crippen LogP contribution >= 0.6 is 0 Å². The molecule has 4 aromatic carbocycles. The van der Waals surface area contributed by atoms with E-state index >= 15 is 0 Å². The molecule has 0 atom stereocenters. The van der Waals surface area contributed by atoms with Gasteiger partial charge >= 0.3 is 0 Å². The van der Waals surface area contributed by atoms with Crippen LogP contribution in [0.3, 0.4) is 0 Å². The van der Waals surface area contributed by atoms with Gasteiger partial charge in [-0.05, 0) is 77.4 Å². The van der Waals surface area contributed by atoms with Crippen molar-refractivity contribution in [3.05, 3.63) is 108 Å². The number of hydrazone groups is 1. The lowest BCUT2D eigenvalue weighted by atomic mass is 10.1. The second kappa shape index (κ2) is 10.3. The van der Waals surface area contributed by atoms with E-state index in [1.54, 1.807) is 30.5 Å². The highest BCUT2D eigenvalue weighted by molar-refractivity contribution is 5.95. The molecular weight excluding hydrogens is 400 g/mol. The zero-order chi connectivity index (χ0) is 22.2. The predicted molar refractivity (Wildman–Crippen MR) is 127 cm³/mol. The second-order valence-electron chi connectivity index (χ2n) is 7.15. The number of amides is 1. The van der Waals surface area contributed by atoms with Crippen molar-refractivity contribution in [3.8, 4) is 11.5 Å². The van der Waals surface area contributed by atoms with Crippen LogP contribution in [-0.2, 0) is 6.61 Å². The van der Waals surface area contributed by atoms with Gasteiger partial charge in [0.1, 0.15) is 18.1 Å². The summed E-state index contributed by atoms with van der Waals surface area (Å²) in [6, 6.07) is 29.0. The van der Waals surface area contributed by atoms with Crippen molar-refractivity contribution in [2.75, 3.05) is 6.61 Å². The lowest BCUT2D eigenvalue weighted by Crippen LogP contribution is -2.17. The third-order valence-corrected chi connectivity index (χ3v) is 4.96. The molecule has 5 heteroatoms. The number of benzene rings is 4. The molecule has 0 saturated heterocycles. The maximum Gasteiger partial charge on any atom is 0.271 e. The first-order valence-corrected chi connectivity index (χ1v) is 10.5. The summed E-state index contributed by atoms with van der Waals surface area (Å²) in [6.45, 7) is 2.99. The van der Waals surface area contributed by atoms with Crippen molar-refractivity contribution in [3.63, 3.8) is 0 Å². The molecule has 1 amide bonds. The molecule has 0 radical (unpaired) electrons. The Bertz CT molecular complexity index is 1210. The van der Waals surface area contributed by atoms with Gasteiger partial charge in [-0.2, -0.15) is 5.10 Å². The fourth-order valence-corrected chi connectivity index (χ4v) is 3.33. The quantitative estimate of drug-likeness (QED) is 0.297. The first-order chi connectivity index (χ1) is 15.7. The van der Waals surface area contributed by atoms with Crippen molar-refractivity contribution in [1.82, 2.24) is 5.43 Å². The summed E-state index contributed by atoms with van der Waals surface area (Å²) in [7, 11) is 0. The largest absolute Gasteiger partial charge is 0.494 e. The van der Waals surface area contributed by atoms with Crippen molar-refractivity contribution in [1.29, 1.82) is 0 Å². The molecule has 4 rings (SSSR count). The molecule has 0 heterocycles. The topological polar surface area (TPSA) is 59.9 Å². The summed E-state index contributed by atoms with van der Waals surface area (Å²) >= 11 is 0. The minimum Gasteiger partial charge on any atom is -0.494 e. The zero-order valence-corrected chi connectivity index (χ0v) is 17.8. The van der Waals surface area contributed by atoms with Crippen LogP contribution in [0.4, 0.5) is 0 Å². The Morgan fingerprint density at radius 3 is 2.31 bits per heavy atom. The van der Waals surface area contributed by atoms with Gasteiger partial charge in [-0.25, -0.2) is 5.43 Å². The van der Waals surface area contributed by atoms with Gasteiger partial charge in [-0.1, -0.05) is 42.5 Å². The van der Waals surface area contributed by atoms with Gasteiger partial charge in [-0.15, -0.1) is 0 Å². The number of fused-ring (bicyclic) bond motifs is 1. The minimum absolute atomic E-state index is 0.278. The van der Waals surface area contributed by atoms with Crippen LogP contribution in [-0.4, -0.2) is 18.7 Å². The van der Waals surface area contributed by atoms with Gasteiger partial charge in [0, 0.05) is 5.56 Å². The summed E-state index contributed by atoms with van der Waals surface area (Å²) in [6.07, 6.45) is 1.60. The van der Waals surface area contributed by atoms with Crippen LogP contribution in [0.25, 0.3) is 10.8 Å². The third kappa shape index (κ3) is 5.32. The van der Waals surface area contributed by atoms with Gasteiger partial charge in [0.25, 0.3) is 5.91 Å². The van der Waals surface area contributed by atoms with E-state index in [9.17, 15) is 4.79 Å². The molecule has 0 aliphatic heterocycles. The van der Waals surface area contributed by atoms with Crippen LogP contribution in [0.2, 0.25) is 0 Å². The lowest BCUT2D eigenvalue weighted by Gasteiger charge is -2.09. The molecular formula is C27H24N2O3. The smallest absolute Gasteiger partial charge is 0.271 e. The number of ether oxygens (including phenoxy) is 2. The Balaban J connectivity index is 1.31. The minimum atomic E-state index is -0.278. The van der Waals surface area contributed by atoms with E-state index in [0.717, 1.165) is 22.6 Å². The summed E-state index contributed by atoms with van der Waals surface area (Å²) in [5.74, 6) is 1.23. The number of carbonyl (C=O) groups is 1. The Labute approximate surface area is 187 Å². The van der Waals surface area contributed by atoms with Crippen LogP contribution in [0.15, 0.2) is 96.1 Å². The molecule has 0 bridgehead atoms. The number of nitrogens with zero attached hydrogens (tertiary/aromatic N) is 1. The average Bonchev–Trinajstić information content (AvgIpc) is 2.84. The summed E-state index contributed by atoms with van der Waals surface area (Å²) in [5.41, 5.74) is 5.05. The molecule has 160 valence electrons. The number of carbonyl (C=O) groups excluding carboxylic acids is 1. The molecule has 0 saturated carbocycles. The number of hydrogen-bond acceptors (Lipinski definition) is 4. The van der Waals surface area contributed by atoms with E-state index in [4.69, 9.17) is 9.47 Å². The van der Waals surface area contributed by atoms with Gasteiger partial charge in [0.05, 0.1) is 12.8 Å². The Hall–Kier alpha value is -4.12. The molecule has 1 N–H and O–H groups in total. The fraction of sp³-hybridized carbons (Fsp3) is 0.111. The predicted octanol–water partition coefficient (Wildman–Crippen LogP) is 5.58. The molecule has 0 aliphatic carbocycles. The Kier molecular flexibility index (Phi) is 6.78. The van der Waals surface area contributed by atoms with Crippen LogP contribution < -0.4 is 14.9 Å². The Morgan fingerprint density at radius 2 is 1.53 bits per heavy atom. The maximum absolute atomic E-state index is 12.2. The molecule has 4 aromatic rings. The second-order valence-corrected chi connectivity index (χ2v) is 7.15. The average molecular weight is 425 g/mol. The van der Waals surface area contributed by atoms with Crippen molar-refractivity contribution < 1.29 is 14.3 Å². The SMILES string of the molecule is CCOc1ccc(C(=O)N/N=C/c2ccc(OCc3cccc4ccccc34)cc2)cc1. The normalized spacial score (nSPS) is 10.9. The molecule has 5 nitrogen and oxygen atoms in total. The monoisotopic (exact) mass is 424 g/mol. The first kappa shape index (κ1) is 21.1. The first-order valence-electron chi connectivity index (χ1n) is 10.5. The van der Waals surface area contributed by atoms with Crippen molar-refractivity contribution >= 4 is 22.9 Å². The highest BCUT2D eigenvalue weighted by Crippen LogP contribution is 2.21.